The zero-order valence-electron chi connectivity index (χ0n) is 13.2. The number of methoxy groups -OCH3 is 1. The third-order valence-corrected chi connectivity index (χ3v) is 3.89. The van der Waals surface area contributed by atoms with E-state index in [0.29, 0.717) is 5.75 Å². The van der Waals surface area contributed by atoms with Gasteiger partial charge in [-0.2, -0.15) is 0 Å². The minimum Gasteiger partial charge on any atom is -0.496 e. The number of hydrogen-bond acceptors (Lipinski definition) is 5. The molecule has 6 heteroatoms. The first-order valence-corrected chi connectivity index (χ1v) is 7.75. The van der Waals surface area contributed by atoms with Crippen molar-refractivity contribution < 1.29 is 23.9 Å². The summed E-state index contributed by atoms with van der Waals surface area (Å²) in [6, 6.07) is 6.58. The van der Waals surface area contributed by atoms with Gasteiger partial charge in [0.15, 0.2) is 6.61 Å². The summed E-state index contributed by atoms with van der Waals surface area (Å²) in [6.45, 7) is -0.448. The summed E-state index contributed by atoms with van der Waals surface area (Å²) in [5.41, 5.74) is 0.252. The van der Waals surface area contributed by atoms with Gasteiger partial charge >= 0.3 is 5.97 Å². The van der Waals surface area contributed by atoms with Crippen molar-refractivity contribution in [2.24, 2.45) is 5.92 Å². The Hall–Kier alpha value is -2.37. The highest BCUT2D eigenvalue weighted by molar-refractivity contribution is 6.06. The lowest BCUT2D eigenvalue weighted by Gasteiger charge is -2.19. The molecule has 1 aromatic rings. The number of amides is 2. The van der Waals surface area contributed by atoms with E-state index in [2.05, 4.69) is 5.32 Å². The van der Waals surface area contributed by atoms with E-state index in [1.807, 2.05) is 0 Å². The minimum absolute atomic E-state index is 0.124. The van der Waals surface area contributed by atoms with Crippen LogP contribution in [0.3, 0.4) is 0 Å². The molecule has 1 N–H and O–H groups in total. The number of hydrogen-bond donors (Lipinski definition) is 1. The summed E-state index contributed by atoms with van der Waals surface area (Å²) >= 11 is 0. The highest BCUT2D eigenvalue weighted by atomic mass is 16.5. The van der Waals surface area contributed by atoms with E-state index in [1.165, 1.54) is 7.11 Å². The molecule has 0 heterocycles. The average Bonchev–Trinajstić information content (AvgIpc) is 2.60. The van der Waals surface area contributed by atoms with Gasteiger partial charge in [0.05, 0.1) is 18.6 Å². The van der Waals surface area contributed by atoms with Gasteiger partial charge in [-0.1, -0.05) is 31.4 Å². The van der Waals surface area contributed by atoms with Crippen molar-refractivity contribution in [3.8, 4) is 5.75 Å². The molecule has 1 saturated carbocycles. The van der Waals surface area contributed by atoms with Crippen molar-refractivity contribution in [2.45, 2.75) is 32.1 Å². The second kappa shape index (κ2) is 8.31. The SMILES string of the molecule is COc1ccccc1C(=O)NC(=O)COC(=O)C1CCCCC1. The fourth-order valence-corrected chi connectivity index (χ4v) is 2.66. The van der Waals surface area contributed by atoms with Crippen molar-refractivity contribution >= 4 is 17.8 Å². The number of para-hydroxylation sites is 1. The Kier molecular flexibility index (Phi) is 6.14. The number of nitrogens with one attached hydrogen (secondary N) is 1. The highest BCUT2D eigenvalue weighted by Gasteiger charge is 2.23. The summed E-state index contributed by atoms with van der Waals surface area (Å²) in [7, 11) is 1.44. The number of imide groups is 1. The van der Waals surface area contributed by atoms with Crippen LogP contribution in [-0.4, -0.2) is 31.5 Å². The van der Waals surface area contributed by atoms with Gasteiger partial charge in [-0.25, -0.2) is 0 Å². The van der Waals surface area contributed by atoms with Crippen LogP contribution in [0.2, 0.25) is 0 Å². The summed E-state index contributed by atoms with van der Waals surface area (Å²) in [5.74, 6) is -1.34. The second-order valence-electron chi connectivity index (χ2n) is 5.52. The van der Waals surface area contributed by atoms with Crippen molar-refractivity contribution in [2.75, 3.05) is 13.7 Å². The van der Waals surface area contributed by atoms with Crippen molar-refractivity contribution in [3.05, 3.63) is 29.8 Å². The Morgan fingerprint density at radius 2 is 1.83 bits per heavy atom. The molecule has 1 aliphatic carbocycles. The van der Waals surface area contributed by atoms with E-state index in [1.54, 1.807) is 24.3 Å². The summed E-state index contributed by atoms with van der Waals surface area (Å²) in [5, 5.41) is 2.19. The smallest absolute Gasteiger partial charge is 0.309 e. The third-order valence-electron chi connectivity index (χ3n) is 3.89. The van der Waals surface area contributed by atoms with E-state index >= 15 is 0 Å². The minimum atomic E-state index is -0.648. The van der Waals surface area contributed by atoms with Crippen LogP contribution >= 0.6 is 0 Å². The van der Waals surface area contributed by atoms with Crippen LogP contribution in [0.25, 0.3) is 0 Å². The molecule has 0 bridgehead atoms. The normalized spacial score (nSPS) is 14.8. The van der Waals surface area contributed by atoms with Gasteiger partial charge < -0.3 is 9.47 Å². The Morgan fingerprint density at radius 1 is 1.13 bits per heavy atom. The number of benzene rings is 1. The predicted octanol–water partition coefficient (Wildman–Crippen LogP) is 2.08. The summed E-state index contributed by atoms with van der Waals surface area (Å²) in [6.07, 6.45) is 4.77. The molecule has 0 unspecified atom stereocenters. The summed E-state index contributed by atoms with van der Waals surface area (Å²) in [4.78, 5) is 35.6. The maximum absolute atomic E-state index is 12.0. The standard InChI is InChI=1S/C17H21NO5/c1-22-14-10-6-5-9-13(14)16(20)18-15(19)11-23-17(21)12-7-3-2-4-8-12/h5-6,9-10,12H,2-4,7-8,11H2,1H3,(H,18,19,20). The third kappa shape index (κ3) is 4.81. The molecule has 1 aliphatic rings. The lowest BCUT2D eigenvalue weighted by Crippen LogP contribution is -2.35. The first-order chi connectivity index (χ1) is 11.1. The number of carbonyl (C=O) groups is 3. The lowest BCUT2D eigenvalue weighted by molar-refractivity contribution is -0.153. The molecule has 1 fully saturated rings. The molecule has 1 aromatic carbocycles. The van der Waals surface area contributed by atoms with Crippen LogP contribution in [0.4, 0.5) is 0 Å². The van der Waals surface area contributed by atoms with Gasteiger partial charge in [-0.05, 0) is 25.0 Å². The Morgan fingerprint density at radius 3 is 2.52 bits per heavy atom. The van der Waals surface area contributed by atoms with E-state index in [-0.39, 0.29) is 17.5 Å². The molecular formula is C17H21NO5. The van der Waals surface area contributed by atoms with Crippen molar-refractivity contribution in [1.29, 1.82) is 0 Å². The number of ether oxygens (including phenoxy) is 2. The quantitative estimate of drug-likeness (QED) is 0.840. The lowest BCUT2D eigenvalue weighted by atomic mass is 9.89. The maximum Gasteiger partial charge on any atom is 0.309 e. The number of carbonyl (C=O) groups excluding carboxylic acids is 3. The molecule has 0 saturated heterocycles. The molecule has 0 aromatic heterocycles. The Bertz CT molecular complexity index is 578. The van der Waals surface area contributed by atoms with Crippen LogP contribution in [0.5, 0.6) is 5.75 Å². The molecule has 6 nitrogen and oxygen atoms in total. The molecule has 124 valence electrons. The number of rotatable bonds is 5. The maximum atomic E-state index is 12.0. The highest BCUT2D eigenvalue weighted by Crippen LogP contribution is 2.24. The molecule has 0 atom stereocenters. The molecule has 0 spiro atoms. The van der Waals surface area contributed by atoms with Gasteiger partial charge in [-0.15, -0.1) is 0 Å². The zero-order chi connectivity index (χ0) is 16.7. The largest absolute Gasteiger partial charge is 0.496 e. The van der Waals surface area contributed by atoms with Gasteiger partial charge in [0.25, 0.3) is 11.8 Å². The van der Waals surface area contributed by atoms with Crippen LogP contribution < -0.4 is 10.1 Å². The van der Waals surface area contributed by atoms with Gasteiger partial charge in [0, 0.05) is 0 Å². The van der Waals surface area contributed by atoms with Gasteiger partial charge in [0.2, 0.25) is 0 Å². The van der Waals surface area contributed by atoms with Crippen LogP contribution in [-0.2, 0) is 14.3 Å². The van der Waals surface area contributed by atoms with E-state index in [0.717, 1.165) is 32.1 Å². The van der Waals surface area contributed by atoms with Crippen molar-refractivity contribution in [3.63, 3.8) is 0 Å². The van der Waals surface area contributed by atoms with Crippen LogP contribution in [0, 0.1) is 5.92 Å². The fraction of sp³-hybridized carbons (Fsp3) is 0.471. The fourth-order valence-electron chi connectivity index (χ4n) is 2.66. The van der Waals surface area contributed by atoms with Crippen molar-refractivity contribution in [1.82, 2.24) is 5.32 Å². The predicted molar refractivity (Wildman–Crippen MR) is 83.0 cm³/mol. The second-order valence-corrected chi connectivity index (χ2v) is 5.52. The monoisotopic (exact) mass is 319 g/mol. The number of esters is 1. The first kappa shape index (κ1) is 17.0. The Balaban J connectivity index is 1.82. The molecule has 2 rings (SSSR count). The molecule has 0 aliphatic heterocycles. The average molecular weight is 319 g/mol. The van der Waals surface area contributed by atoms with Gasteiger partial charge in [0.1, 0.15) is 5.75 Å². The van der Waals surface area contributed by atoms with E-state index in [9.17, 15) is 14.4 Å². The molecular weight excluding hydrogens is 298 g/mol. The zero-order valence-corrected chi connectivity index (χ0v) is 13.2. The van der Waals surface area contributed by atoms with Crippen LogP contribution in [0.15, 0.2) is 24.3 Å². The first-order valence-electron chi connectivity index (χ1n) is 7.75. The van der Waals surface area contributed by atoms with Gasteiger partial charge in [-0.3, -0.25) is 19.7 Å². The van der Waals surface area contributed by atoms with Crippen LogP contribution in [0.1, 0.15) is 42.5 Å². The molecule has 23 heavy (non-hydrogen) atoms. The Labute approximate surface area is 135 Å². The molecule has 0 radical (unpaired) electrons. The topological polar surface area (TPSA) is 81.7 Å². The van der Waals surface area contributed by atoms with E-state index < -0.39 is 18.4 Å². The summed E-state index contributed by atoms with van der Waals surface area (Å²) < 4.78 is 10.1. The van der Waals surface area contributed by atoms with E-state index in [4.69, 9.17) is 9.47 Å². The molecule has 2 amide bonds.